The first kappa shape index (κ1) is 12.5. The SMILES string of the molecule is O=C(Oc1ccc([N+](=O)[O-])cc1)C1CCCCN1. The van der Waals surface area contributed by atoms with Gasteiger partial charge in [0.25, 0.3) is 5.69 Å². The largest absolute Gasteiger partial charge is 0.425 e. The van der Waals surface area contributed by atoms with E-state index < -0.39 is 4.92 Å². The highest BCUT2D eigenvalue weighted by Crippen LogP contribution is 2.18. The summed E-state index contributed by atoms with van der Waals surface area (Å²) in [6.45, 7) is 0.819. The molecule has 1 atom stereocenters. The van der Waals surface area contributed by atoms with Gasteiger partial charge in [-0.1, -0.05) is 6.42 Å². The van der Waals surface area contributed by atoms with Gasteiger partial charge in [-0.2, -0.15) is 0 Å². The van der Waals surface area contributed by atoms with Crippen LogP contribution in [0, 0.1) is 10.1 Å². The van der Waals surface area contributed by atoms with Gasteiger partial charge in [0.05, 0.1) is 4.92 Å². The predicted molar refractivity (Wildman–Crippen MR) is 64.4 cm³/mol. The molecule has 0 spiro atoms. The van der Waals surface area contributed by atoms with Crippen molar-refractivity contribution in [2.45, 2.75) is 25.3 Å². The summed E-state index contributed by atoms with van der Waals surface area (Å²) in [5.41, 5.74) is -0.0226. The number of esters is 1. The third-order valence-electron chi connectivity index (χ3n) is 2.86. The van der Waals surface area contributed by atoms with Gasteiger partial charge in [0.2, 0.25) is 0 Å². The van der Waals surface area contributed by atoms with E-state index in [1.165, 1.54) is 24.3 Å². The zero-order valence-electron chi connectivity index (χ0n) is 9.80. The molecule has 1 aromatic carbocycles. The Hall–Kier alpha value is -1.95. The maximum Gasteiger partial charge on any atom is 0.328 e. The topological polar surface area (TPSA) is 81.5 Å². The Labute approximate surface area is 104 Å². The van der Waals surface area contributed by atoms with Gasteiger partial charge in [-0.15, -0.1) is 0 Å². The third-order valence-corrected chi connectivity index (χ3v) is 2.86. The van der Waals surface area contributed by atoms with E-state index in [2.05, 4.69) is 5.32 Å². The van der Waals surface area contributed by atoms with Crippen molar-refractivity contribution in [3.63, 3.8) is 0 Å². The Bertz CT molecular complexity index is 438. The number of nitrogens with zero attached hydrogens (tertiary/aromatic N) is 1. The Morgan fingerprint density at radius 2 is 2.06 bits per heavy atom. The minimum Gasteiger partial charge on any atom is -0.425 e. The number of nitro benzene ring substituents is 1. The fourth-order valence-electron chi connectivity index (χ4n) is 1.88. The molecule has 1 heterocycles. The van der Waals surface area contributed by atoms with Crippen molar-refractivity contribution in [1.82, 2.24) is 5.32 Å². The van der Waals surface area contributed by atoms with Gasteiger partial charge < -0.3 is 10.1 Å². The maximum absolute atomic E-state index is 11.8. The van der Waals surface area contributed by atoms with Crippen LogP contribution < -0.4 is 10.1 Å². The number of nitrogens with one attached hydrogen (secondary N) is 1. The van der Waals surface area contributed by atoms with E-state index in [0.29, 0.717) is 5.75 Å². The van der Waals surface area contributed by atoms with Crippen LogP contribution >= 0.6 is 0 Å². The van der Waals surface area contributed by atoms with Gasteiger partial charge in [0.1, 0.15) is 11.8 Å². The van der Waals surface area contributed by atoms with Crippen molar-refractivity contribution in [2.24, 2.45) is 0 Å². The number of carbonyl (C=O) groups excluding carboxylic acids is 1. The number of non-ortho nitro benzene ring substituents is 1. The number of benzene rings is 1. The lowest BCUT2D eigenvalue weighted by atomic mass is 10.1. The summed E-state index contributed by atoms with van der Waals surface area (Å²) < 4.78 is 5.16. The highest BCUT2D eigenvalue weighted by molar-refractivity contribution is 5.78. The minimum atomic E-state index is -0.492. The van der Waals surface area contributed by atoms with Crippen molar-refractivity contribution in [3.05, 3.63) is 34.4 Å². The van der Waals surface area contributed by atoms with E-state index in [9.17, 15) is 14.9 Å². The first-order valence-corrected chi connectivity index (χ1v) is 5.86. The normalized spacial score (nSPS) is 19.2. The lowest BCUT2D eigenvalue weighted by Gasteiger charge is -2.21. The average Bonchev–Trinajstić information content (AvgIpc) is 2.40. The number of carbonyl (C=O) groups is 1. The average molecular weight is 250 g/mol. The van der Waals surface area contributed by atoms with Crippen molar-refractivity contribution >= 4 is 11.7 Å². The molecule has 1 aliphatic rings. The predicted octanol–water partition coefficient (Wildman–Crippen LogP) is 1.64. The molecule has 0 amide bonds. The smallest absolute Gasteiger partial charge is 0.328 e. The molecule has 6 nitrogen and oxygen atoms in total. The minimum absolute atomic E-state index is 0.0226. The molecule has 1 unspecified atom stereocenters. The highest BCUT2D eigenvalue weighted by atomic mass is 16.6. The van der Waals surface area contributed by atoms with Crippen LogP contribution in [0.15, 0.2) is 24.3 Å². The molecule has 0 aliphatic carbocycles. The van der Waals surface area contributed by atoms with Crippen LogP contribution in [0.2, 0.25) is 0 Å². The Kier molecular flexibility index (Phi) is 3.88. The summed E-state index contributed by atoms with van der Waals surface area (Å²) >= 11 is 0. The monoisotopic (exact) mass is 250 g/mol. The van der Waals surface area contributed by atoms with Crippen molar-refractivity contribution < 1.29 is 14.5 Å². The van der Waals surface area contributed by atoms with Crippen LogP contribution in [0.4, 0.5) is 5.69 Å². The van der Waals surface area contributed by atoms with Gasteiger partial charge in [0.15, 0.2) is 0 Å². The molecule has 0 bridgehead atoms. The van der Waals surface area contributed by atoms with Gasteiger partial charge in [-0.3, -0.25) is 10.1 Å². The molecule has 1 aromatic rings. The summed E-state index contributed by atoms with van der Waals surface area (Å²) in [5, 5.41) is 13.6. The summed E-state index contributed by atoms with van der Waals surface area (Å²) in [5.74, 6) is 0.00141. The molecule has 18 heavy (non-hydrogen) atoms. The standard InChI is InChI=1S/C12H14N2O4/c15-12(11-3-1-2-8-13-11)18-10-6-4-9(5-7-10)14(16)17/h4-7,11,13H,1-3,8H2. The number of hydrogen-bond donors (Lipinski definition) is 1. The fourth-order valence-corrected chi connectivity index (χ4v) is 1.88. The van der Waals surface area contributed by atoms with Crippen LogP contribution in [0.1, 0.15) is 19.3 Å². The number of hydrogen-bond acceptors (Lipinski definition) is 5. The van der Waals surface area contributed by atoms with Gasteiger partial charge >= 0.3 is 5.97 Å². The molecule has 0 saturated carbocycles. The number of piperidine rings is 1. The number of rotatable bonds is 3. The molecule has 2 rings (SSSR count). The van der Waals surface area contributed by atoms with E-state index >= 15 is 0 Å². The van der Waals surface area contributed by atoms with E-state index in [-0.39, 0.29) is 17.7 Å². The quantitative estimate of drug-likeness (QED) is 0.381. The molecular formula is C12H14N2O4. The second-order valence-electron chi connectivity index (χ2n) is 4.17. The van der Waals surface area contributed by atoms with E-state index in [0.717, 1.165) is 25.8 Å². The van der Waals surface area contributed by atoms with Crippen LogP contribution in [0.5, 0.6) is 5.75 Å². The molecule has 96 valence electrons. The van der Waals surface area contributed by atoms with Crippen LogP contribution in [-0.2, 0) is 4.79 Å². The molecule has 1 fully saturated rings. The van der Waals surface area contributed by atoms with Gasteiger partial charge in [0, 0.05) is 12.1 Å². The second-order valence-corrected chi connectivity index (χ2v) is 4.17. The Balaban J connectivity index is 1.96. The van der Waals surface area contributed by atoms with Gasteiger partial charge in [-0.25, -0.2) is 4.79 Å². The maximum atomic E-state index is 11.8. The fraction of sp³-hybridized carbons (Fsp3) is 0.417. The molecule has 0 radical (unpaired) electrons. The van der Waals surface area contributed by atoms with Crippen LogP contribution in [-0.4, -0.2) is 23.5 Å². The molecule has 6 heteroatoms. The molecule has 0 aromatic heterocycles. The Morgan fingerprint density at radius 1 is 1.33 bits per heavy atom. The van der Waals surface area contributed by atoms with Crippen molar-refractivity contribution in [1.29, 1.82) is 0 Å². The lowest BCUT2D eigenvalue weighted by Crippen LogP contribution is -2.42. The first-order chi connectivity index (χ1) is 8.66. The molecule has 1 aliphatic heterocycles. The zero-order chi connectivity index (χ0) is 13.0. The first-order valence-electron chi connectivity index (χ1n) is 5.86. The van der Waals surface area contributed by atoms with Crippen LogP contribution in [0.25, 0.3) is 0 Å². The van der Waals surface area contributed by atoms with E-state index in [4.69, 9.17) is 4.74 Å². The second kappa shape index (κ2) is 5.59. The summed E-state index contributed by atoms with van der Waals surface area (Å²) in [6.07, 6.45) is 2.85. The lowest BCUT2D eigenvalue weighted by molar-refractivity contribution is -0.384. The van der Waals surface area contributed by atoms with E-state index in [1.807, 2.05) is 0 Å². The van der Waals surface area contributed by atoms with Gasteiger partial charge in [-0.05, 0) is 31.5 Å². The number of ether oxygens (including phenoxy) is 1. The number of nitro groups is 1. The third kappa shape index (κ3) is 3.04. The molecule has 1 N–H and O–H groups in total. The summed E-state index contributed by atoms with van der Waals surface area (Å²) in [7, 11) is 0. The molecular weight excluding hydrogens is 236 g/mol. The summed E-state index contributed by atoms with van der Waals surface area (Å²) in [6, 6.07) is 5.22. The van der Waals surface area contributed by atoms with Crippen molar-refractivity contribution in [2.75, 3.05) is 6.54 Å². The zero-order valence-corrected chi connectivity index (χ0v) is 9.80. The van der Waals surface area contributed by atoms with Crippen LogP contribution in [0.3, 0.4) is 0 Å². The summed E-state index contributed by atoms with van der Waals surface area (Å²) in [4.78, 5) is 21.7. The van der Waals surface area contributed by atoms with E-state index in [1.54, 1.807) is 0 Å². The Morgan fingerprint density at radius 3 is 2.61 bits per heavy atom. The molecule has 1 saturated heterocycles. The highest BCUT2D eigenvalue weighted by Gasteiger charge is 2.22. The van der Waals surface area contributed by atoms with Crippen molar-refractivity contribution in [3.8, 4) is 5.75 Å².